The van der Waals surface area contributed by atoms with E-state index in [1.807, 2.05) is 6.08 Å². The zero-order valence-electron chi connectivity index (χ0n) is 40.5. The van der Waals surface area contributed by atoms with Crippen molar-refractivity contribution in [3.05, 3.63) is 24.3 Å². The van der Waals surface area contributed by atoms with Gasteiger partial charge in [0.25, 0.3) is 0 Å². The number of aliphatic hydroxyl groups is 5. The minimum absolute atomic E-state index is 0.127. The first kappa shape index (κ1) is 59.2. The molecular formula is C52H97NO10. The Hall–Kier alpha value is -1.86. The van der Waals surface area contributed by atoms with Crippen LogP contribution in [0.5, 0.6) is 0 Å². The molecule has 0 bridgehead atoms. The van der Waals surface area contributed by atoms with Gasteiger partial charge < -0.3 is 45.1 Å². The summed E-state index contributed by atoms with van der Waals surface area (Å²) in [6.45, 7) is 5.70. The van der Waals surface area contributed by atoms with Gasteiger partial charge in [-0.25, -0.2) is 0 Å². The molecule has 11 nitrogen and oxygen atoms in total. The van der Waals surface area contributed by atoms with E-state index >= 15 is 0 Å². The Bertz CT molecular complexity index is 1120. The SMILES string of the molecule is CCCC/C=C\CCCCCCC(O)C(=O)NC(COC1OC(CO)C(O)C(O)C1OC(=O)CCCCCCCCCCCCCCC)C(O)/C=C/CCCCCCCCCCC. The van der Waals surface area contributed by atoms with Gasteiger partial charge in [0, 0.05) is 6.42 Å². The summed E-state index contributed by atoms with van der Waals surface area (Å²) in [6, 6.07) is -1.02. The van der Waals surface area contributed by atoms with Gasteiger partial charge in [-0.3, -0.25) is 9.59 Å². The molecule has 8 atom stereocenters. The molecule has 1 saturated heterocycles. The molecule has 0 aromatic rings. The maximum atomic E-state index is 13.3. The number of hydrogen-bond acceptors (Lipinski definition) is 10. The maximum Gasteiger partial charge on any atom is 0.306 e. The largest absolute Gasteiger partial charge is 0.454 e. The molecule has 1 rings (SSSR count). The van der Waals surface area contributed by atoms with Crippen molar-refractivity contribution in [3.8, 4) is 0 Å². The lowest BCUT2D eigenvalue weighted by molar-refractivity contribution is -0.305. The quantitative estimate of drug-likeness (QED) is 0.0196. The normalized spacial score (nSPS) is 20.7. The van der Waals surface area contributed by atoms with Crippen molar-refractivity contribution < 1.29 is 49.3 Å². The van der Waals surface area contributed by atoms with Crippen LogP contribution in [0.3, 0.4) is 0 Å². The van der Waals surface area contributed by atoms with Crippen molar-refractivity contribution in [2.24, 2.45) is 0 Å². The third kappa shape index (κ3) is 30.9. The second kappa shape index (κ2) is 41.6. The topological polar surface area (TPSA) is 175 Å². The van der Waals surface area contributed by atoms with Crippen LogP contribution < -0.4 is 5.32 Å². The molecule has 1 heterocycles. The van der Waals surface area contributed by atoms with E-state index in [9.17, 15) is 35.1 Å². The number of ether oxygens (including phenoxy) is 3. The van der Waals surface area contributed by atoms with Gasteiger partial charge in [0.05, 0.1) is 25.4 Å². The maximum absolute atomic E-state index is 13.3. The summed E-state index contributed by atoms with van der Waals surface area (Å²) in [5.74, 6) is -1.20. The summed E-state index contributed by atoms with van der Waals surface area (Å²) in [5.41, 5.74) is 0. The Morgan fingerprint density at radius 1 is 0.603 bits per heavy atom. The predicted octanol–water partition coefficient (Wildman–Crippen LogP) is 10.6. The van der Waals surface area contributed by atoms with E-state index < -0.39 is 67.4 Å². The lowest BCUT2D eigenvalue weighted by atomic mass is 9.99. The number of nitrogens with one attached hydrogen (secondary N) is 1. The van der Waals surface area contributed by atoms with Crippen LogP contribution in [0.1, 0.15) is 233 Å². The fraction of sp³-hybridized carbons (Fsp3) is 0.885. The Kier molecular flexibility index (Phi) is 39.0. The van der Waals surface area contributed by atoms with Crippen LogP contribution in [0.15, 0.2) is 24.3 Å². The Labute approximate surface area is 384 Å². The summed E-state index contributed by atoms with van der Waals surface area (Å²) in [5, 5.41) is 56.5. The standard InChI is InChI=1S/C52H97NO10/c1-4-7-10-13-16-19-22-23-25-28-31-34-37-40-47(57)63-50-49(59)48(58)46(41-54)62-52(50)61-42-43(44(55)38-35-32-29-27-24-20-17-14-11-8-5-2)53-51(60)45(56)39-36-33-30-26-21-18-15-12-9-6-3/h15,18,35,38,43-46,48-50,52,54-56,58-59H,4-14,16-17,19-34,36-37,39-42H2,1-3H3,(H,53,60)/b18-15-,38-35+. The number of aliphatic hydroxyl groups excluding tert-OH is 5. The fourth-order valence-corrected chi connectivity index (χ4v) is 8.10. The summed E-state index contributed by atoms with van der Waals surface area (Å²) < 4.78 is 17.5. The van der Waals surface area contributed by atoms with E-state index in [4.69, 9.17) is 14.2 Å². The zero-order valence-corrected chi connectivity index (χ0v) is 40.5. The summed E-state index contributed by atoms with van der Waals surface area (Å²) in [7, 11) is 0. The molecule has 0 aromatic heterocycles. The highest BCUT2D eigenvalue weighted by Gasteiger charge is 2.47. The van der Waals surface area contributed by atoms with Gasteiger partial charge in [0.15, 0.2) is 12.4 Å². The molecule has 8 unspecified atom stereocenters. The number of esters is 1. The minimum atomic E-state index is -1.61. The van der Waals surface area contributed by atoms with Gasteiger partial charge in [-0.2, -0.15) is 0 Å². The molecule has 0 aliphatic carbocycles. The number of unbranched alkanes of at least 4 members (excludes halogenated alkanes) is 27. The average Bonchev–Trinajstić information content (AvgIpc) is 3.28. The molecule has 0 saturated carbocycles. The third-order valence-corrected chi connectivity index (χ3v) is 12.4. The smallest absolute Gasteiger partial charge is 0.306 e. The van der Waals surface area contributed by atoms with E-state index in [2.05, 4.69) is 38.2 Å². The molecule has 1 aliphatic rings. The number of carbonyl (C=O) groups excluding carboxylic acids is 2. The molecule has 11 heteroatoms. The first-order chi connectivity index (χ1) is 30.7. The lowest BCUT2D eigenvalue weighted by Crippen LogP contribution is -2.61. The second-order valence-corrected chi connectivity index (χ2v) is 18.3. The van der Waals surface area contributed by atoms with Crippen LogP contribution in [0, 0.1) is 0 Å². The van der Waals surface area contributed by atoms with Crippen LogP contribution in [-0.2, 0) is 23.8 Å². The van der Waals surface area contributed by atoms with Crippen molar-refractivity contribution in [2.45, 2.75) is 282 Å². The van der Waals surface area contributed by atoms with Gasteiger partial charge in [0.1, 0.15) is 24.4 Å². The van der Waals surface area contributed by atoms with Crippen LogP contribution in [0.2, 0.25) is 0 Å². The van der Waals surface area contributed by atoms with Gasteiger partial charge in [0.2, 0.25) is 5.91 Å². The van der Waals surface area contributed by atoms with Gasteiger partial charge in [-0.15, -0.1) is 0 Å². The molecule has 0 radical (unpaired) electrons. The second-order valence-electron chi connectivity index (χ2n) is 18.3. The van der Waals surface area contributed by atoms with Gasteiger partial charge in [-0.05, 0) is 44.9 Å². The Morgan fingerprint density at radius 2 is 1.06 bits per heavy atom. The summed E-state index contributed by atoms with van der Waals surface area (Å²) in [6.07, 6.45) is 33.8. The number of hydrogen-bond donors (Lipinski definition) is 6. The summed E-state index contributed by atoms with van der Waals surface area (Å²) in [4.78, 5) is 26.3. The van der Waals surface area contributed by atoms with Gasteiger partial charge in [-0.1, -0.05) is 206 Å². The van der Waals surface area contributed by atoms with E-state index in [1.165, 1.54) is 116 Å². The van der Waals surface area contributed by atoms with Gasteiger partial charge >= 0.3 is 5.97 Å². The number of rotatable bonds is 43. The molecule has 1 fully saturated rings. The predicted molar refractivity (Wildman–Crippen MR) is 255 cm³/mol. The van der Waals surface area contributed by atoms with Crippen LogP contribution in [0.25, 0.3) is 0 Å². The van der Waals surface area contributed by atoms with E-state index in [0.29, 0.717) is 12.8 Å². The van der Waals surface area contributed by atoms with Crippen LogP contribution >= 0.6 is 0 Å². The lowest BCUT2D eigenvalue weighted by Gasteiger charge is -2.41. The zero-order chi connectivity index (χ0) is 46.2. The summed E-state index contributed by atoms with van der Waals surface area (Å²) >= 11 is 0. The van der Waals surface area contributed by atoms with Crippen molar-refractivity contribution in [1.82, 2.24) is 5.32 Å². The molecule has 63 heavy (non-hydrogen) atoms. The molecule has 1 amide bonds. The fourth-order valence-electron chi connectivity index (χ4n) is 8.10. The highest BCUT2D eigenvalue weighted by molar-refractivity contribution is 5.80. The van der Waals surface area contributed by atoms with Crippen LogP contribution in [0.4, 0.5) is 0 Å². The van der Waals surface area contributed by atoms with E-state index in [-0.39, 0.29) is 19.4 Å². The molecular weight excluding hydrogens is 799 g/mol. The Morgan fingerprint density at radius 3 is 1.59 bits per heavy atom. The minimum Gasteiger partial charge on any atom is -0.454 e. The van der Waals surface area contributed by atoms with Crippen LogP contribution in [-0.4, -0.2) is 99.6 Å². The van der Waals surface area contributed by atoms with Crippen molar-refractivity contribution >= 4 is 11.9 Å². The monoisotopic (exact) mass is 896 g/mol. The number of amides is 1. The highest BCUT2D eigenvalue weighted by atomic mass is 16.7. The van der Waals surface area contributed by atoms with Crippen molar-refractivity contribution in [3.63, 3.8) is 0 Å². The molecule has 0 spiro atoms. The molecule has 0 aromatic carbocycles. The molecule has 370 valence electrons. The highest BCUT2D eigenvalue weighted by Crippen LogP contribution is 2.26. The first-order valence-corrected chi connectivity index (χ1v) is 26.1. The average molecular weight is 896 g/mol. The number of allylic oxidation sites excluding steroid dienone is 3. The molecule has 6 N–H and O–H groups in total. The first-order valence-electron chi connectivity index (χ1n) is 26.1. The van der Waals surface area contributed by atoms with E-state index in [0.717, 1.165) is 70.6 Å². The van der Waals surface area contributed by atoms with Crippen molar-refractivity contribution in [2.75, 3.05) is 13.2 Å². The van der Waals surface area contributed by atoms with E-state index in [1.54, 1.807) is 6.08 Å². The number of carbonyl (C=O) groups is 2. The molecule has 1 aliphatic heterocycles. The van der Waals surface area contributed by atoms with Crippen molar-refractivity contribution in [1.29, 1.82) is 0 Å². The third-order valence-electron chi connectivity index (χ3n) is 12.4. The Balaban J connectivity index is 2.78.